The first-order chi connectivity index (χ1) is 11.0. The highest BCUT2D eigenvalue weighted by molar-refractivity contribution is 7.91. The van der Waals surface area contributed by atoms with Crippen molar-refractivity contribution in [2.45, 2.75) is 17.7 Å². The lowest BCUT2D eigenvalue weighted by Gasteiger charge is -2.08. The third-order valence-corrected chi connectivity index (χ3v) is 5.77. The molecule has 1 aromatic carbocycles. The van der Waals surface area contributed by atoms with Gasteiger partial charge in [-0.1, -0.05) is 25.1 Å². The van der Waals surface area contributed by atoms with E-state index in [9.17, 15) is 13.2 Å². The van der Waals surface area contributed by atoms with E-state index in [0.717, 1.165) is 23.4 Å². The molecular formula is C15H19N3O3S2. The van der Waals surface area contributed by atoms with Crippen molar-refractivity contribution in [2.24, 2.45) is 0 Å². The van der Waals surface area contributed by atoms with Crippen LogP contribution in [0.5, 0.6) is 0 Å². The Morgan fingerprint density at radius 1 is 1.22 bits per heavy atom. The molecule has 2 aromatic rings. The van der Waals surface area contributed by atoms with Crippen LogP contribution in [0.25, 0.3) is 0 Å². The summed E-state index contributed by atoms with van der Waals surface area (Å²) in [6.45, 7) is 3.29. The molecule has 3 N–H and O–H groups in total. The van der Waals surface area contributed by atoms with Gasteiger partial charge in [0.15, 0.2) is 0 Å². The van der Waals surface area contributed by atoms with E-state index in [0.29, 0.717) is 12.2 Å². The zero-order valence-corrected chi connectivity index (χ0v) is 14.3. The molecule has 1 aromatic heterocycles. The van der Waals surface area contributed by atoms with Crippen molar-refractivity contribution in [3.63, 3.8) is 0 Å². The average Bonchev–Trinajstić information content (AvgIpc) is 3.07. The van der Waals surface area contributed by atoms with Gasteiger partial charge in [-0.15, -0.1) is 11.3 Å². The summed E-state index contributed by atoms with van der Waals surface area (Å²) in [7, 11) is -3.63. The number of anilines is 1. The van der Waals surface area contributed by atoms with E-state index in [-0.39, 0.29) is 10.8 Å². The average molecular weight is 353 g/mol. The van der Waals surface area contributed by atoms with Crippen LogP contribution in [0.15, 0.2) is 46.0 Å². The van der Waals surface area contributed by atoms with E-state index in [1.807, 2.05) is 25.1 Å². The third-order valence-electron chi connectivity index (χ3n) is 2.97. The Labute approximate surface area is 140 Å². The molecule has 0 atom stereocenters. The maximum Gasteiger partial charge on any atom is 0.250 e. The van der Waals surface area contributed by atoms with E-state index in [1.165, 1.54) is 6.07 Å². The summed E-state index contributed by atoms with van der Waals surface area (Å²) in [5, 5.41) is 7.56. The molecule has 0 unspecified atom stereocenters. The second-order valence-electron chi connectivity index (χ2n) is 4.79. The molecule has 23 heavy (non-hydrogen) atoms. The number of rotatable bonds is 8. The molecule has 0 saturated carbocycles. The van der Waals surface area contributed by atoms with Crippen LogP contribution in [0, 0.1) is 0 Å². The van der Waals surface area contributed by atoms with Crippen molar-refractivity contribution in [3.8, 4) is 0 Å². The van der Waals surface area contributed by atoms with Gasteiger partial charge in [0.2, 0.25) is 5.91 Å². The number of thiophene rings is 1. The van der Waals surface area contributed by atoms with E-state index < -0.39 is 15.9 Å². The summed E-state index contributed by atoms with van der Waals surface area (Å²) in [4.78, 5) is 11.9. The van der Waals surface area contributed by atoms with Gasteiger partial charge in [-0.2, -0.15) is 0 Å². The van der Waals surface area contributed by atoms with Crippen molar-refractivity contribution in [2.75, 3.05) is 18.4 Å². The molecule has 1 heterocycles. The van der Waals surface area contributed by atoms with Crippen LogP contribution >= 0.6 is 11.3 Å². The largest absolute Gasteiger partial charge is 0.325 e. The van der Waals surface area contributed by atoms with Crippen molar-refractivity contribution in [1.82, 2.24) is 10.0 Å². The summed E-state index contributed by atoms with van der Waals surface area (Å²) in [6, 6.07) is 10.6. The van der Waals surface area contributed by atoms with Crippen LogP contribution < -0.4 is 15.4 Å². The number of hydrogen-bond donors (Lipinski definition) is 3. The molecule has 0 spiro atoms. The van der Waals surface area contributed by atoms with Crippen molar-refractivity contribution < 1.29 is 13.2 Å². The monoisotopic (exact) mass is 353 g/mol. The van der Waals surface area contributed by atoms with Crippen LogP contribution in [0.4, 0.5) is 5.69 Å². The molecule has 0 aliphatic carbocycles. The Hall–Kier alpha value is -1.74. The summed E-state index contributed by atoms with van der Waals surface area (Å²) in [5.74, 6) is -0.411. The molecule has 6 nitrogen and oxygen atoms in total. The fourth-order valence-corrected chi connectivity index (χ4v) is 3.90. The molecule has 0 aliphatic heterocycles. The van der Waals surface area contributed by atoms with Gasteiger partial charge < -0.3 is 10.6 Å². The van der Waals surface area contributed by atoms with Gasteiger partial charge in [-0.05, 0) is 35.7 Å². The molecular weight excluding hydrogens is 334 g/mol. The predicted octanol–water partition coefficient (Wildman–Crippen LogP) is 1.77. The van der Waals surface area contributed by atoms with Gasteiger partial charge in [0.25, 0.3) is 10.0 Å². The number of carbonyl (C=O) groups is 1. The second kappa shape index (κ2) is 8.21. The summed E-state index contributed by atoms with van der Waals surface area (Å²) >= 11 is 1.11. The Bertz CT molecular complexity index is 743. The number of carbonyl (C=O) groups excluding carboxylic acids is 1. The minimum Gasteiger partial charge on any atom is -0.325 e. The van der Waals surface area contributed by atoms with Gasteiger partial charge in [0.05, 0.1) is 6.54 Å². The Kier molecular flexibility index (Phi) is 6.28. The molecule has 0 radical (unpaired) electrons. The normalized spacial score (nSPS) is 11.3. The van der Waals surface area contributed by atoms with Crippen LogP contribution in [0.1, 0.15) is 12.5 Å². The molecule has 8 heteroatoms. The Morgan fingerprint density at radius 3 is 2.74 bits per heavy atom. The standard InChI is InChI=1S/C15H19N3O3S2/c1-2-16-10-12-5-3-6-13(9-12)18-14(19)11-17-23(20,21)15-7-4-8-22-15/h3-9,16-17H,2,10-11H2,1H3,(H,18,19). The number of nitrogens with one attached hydrogen (secondary N) is 3. The molecule has 1 amide bonds. The van der Waals surface area contributed by atoms with E-state index in [2.05, 4.69) is 15.4 Å². The number of hydrogen-bond acceptors (Lipinski definition) is 5. The number of benzene rings is 1. The van der Waals surface area contributed by atoms with Gasteiger partial charge in [0, 0.05) is 12.2 Å². The van der Waals surface area contributed by atoms with E-state index in [1.54, 1.807) is 17.5 Å². The maximum absolute atomic E-state index is 11.9. The Morgan fingerprint density at radius 2 is 2.04 bits per heavy atom. The van der Waals surface area contributed by atoms with Crippen LogP contribution in [-0.4, -0.2) is 27.4 Å². The van der Waals surface area contributed by atoms with Crippen molar-refractivity contribution >= 4 is 33.0 Å². The van der Waals surface area contributed by atoms with Crippen molar-refractivity contribution in [1.29, 1.82) is 0 Å². The lowest BCUT2D eigenvalue weighted by Crippen LogP contribution is -2.32. The second-order valence-corrected chi connectivity index (χ2v) is 7.73. The molecule has 0 saturated heterocycles. The Balaban J connectivity index is 1.90. The first-order valence-corrected chi connectivity index (χ1v) is 9.50. The van der Waals surface area contributed by atoms with E-state index in [4.69, 9.17) is 0 Å². The van der Waals surface area contributed by atoms with Gasteiger partial charge in [-0.25, -0.2) is 13.1 Å². The zero-order valence-electron chi connectivity index (χ0n) is 12.7. The lowest BCUT2D eigenvalue weighted by atomic mass is 10.2. The summed E-state index contributed by atoms with van der Waals surface area (Å²) in [6.07, 6.45) is 0. The van der Waals surface area contributed by atoms with Gasteiger partial charge in [-0.3, -0.25) is 4.79 Å². The predicted molar refractivity (Wildman–Crippen MR) is 92.0 cm³/mol. The van der Waals surface area contributed by atoms with Crippen LogP contribution in [-0.2, 0) is 21.4 Å². The first kappa shape index (κ1) is 17.6. The number of sulfonamides is 1. The molecule has 0 bridgehead atoms. The van der Waals surface area contributed by atoms with Crippen LogP contribution in [0.3, 0.4) is 0 Å². The SMILES string of the molecule is CCNCc1cccc(NC(=O)CNS(=O)(=O)c2cccs2)c1. The van der Waals surface area contributed by atoms with E-state index >= 15 is 0 Å². The topological polar surface area (TPSA) is 87.3 Å². The number of amides is 1. The fourth-order valence-electron chi connectivity index (χ4n) is 1.88. The quantitative estimate of drug-likeness (QED) is 0.675. The minimum absolute atomic E-state index is 0.193. The molecule has 2 rings (SSSR count). The molecule has 124 valence electrons. The van der Waals surface area contributed by atoms with Gasteiger partial charge in [0.1, 0.15) is 4.21 Å². The zero-order chi connectivity index (χ0) is 16.7. The highest BCUT2D eigenvalue weighted by Gasteiger charge is 2.16. The van der Waals surface area contributed by atoms with Crippen molar-refractivity contribution in [3.05, 3.63) is 47.3 Å². The molecule has 0 fully saturated rings. The third kappa shape index (κ3) is 5.43. The first-order valence-electron chi connectivity index (χ1n) is 7.14. The minimum atomic E-state index is -3.63. The molecule has 0 aliphatic rings. The lowest BCUT2D eigenvalue weighted by molar-refractivity contribution is -0.115. The smallest absolute Gasteiger partial charge is 0.250 e. The summed E-state index contributed by atoms with van der Waals surface area (Å²) in [5.41, 5.74) is 1.68. The maximum atomic E-state index is 11.9. The highest BCUT2D eigenvalue weighted by atomic mass is 32.2. The highest BCUT2D eigenvalue weighted by Crippen LogP contribution is 2.15. The van der Waals surface area contributed by atoms with Crippen LogP contribution in [0.2, 0.25) is 0 Å². The summed E-state index contributed by atoms with van der Waals surface area (Å²) < 4.78 is 26.3. The fraction of sp³-hybridized carbons (Fsp3) is 0.267. The van der Waals surface area contributed by atoms with Gasteiger partial charge >= 0.3 is 0 Å².